The average Bonchev–Trinajstić information content (AvgIpc) is 3.67. The highest BCUT2D eigenvalue weighted by Crippen LogP contribution is 2.36. The van der Waals surface area contributed by atoms with E-state index in [-0.39, 0.29) is 22.8 Å². The first-order valence-electron chi connectivity index (χ1n) is 11.9. The van der Waals surface area contributed by atoms with Crippen molar-refractivity contribution in [2.24, 2.45) is 0 Å². The van der Waals surface area contributed by atoms with Gasteiger partial charge in [-0.2, -0.15) is 0 Å². The Bertz CT molecular complexity index is 1400. The number of carbonyl (C=O) groups excluding carboxylic acids is 1. The van der Waals surface area contributed by atoms with Gasteiger partial charge in [0.2, 0.25) is 10.0 Å². The van der Waals surface area contributed by atoms with E-state index in [1.165, 1.54) is 17.7 Å². The van der Waals surface area contributed by atoms with Crippen molar-refractivity contribution in [3.05, 3.63) is 77.4 Å². The van der Waals surface area contributed by atoms with Gasteiger partial charge in [-0.25, -0.2) is 8.42 Å². The minimum absolute atomic E-state index is 0.0932. The first kappa shape index (κ1) is 23.4. The second kappa shape index (κ2) is 8.41. The zero-order valence-corrected chi connectivity index (χ0v) is 21.0. The zero-order chi connectivity index (χ0) is 25.0. The number of phenolic OH excluding ortho intramolecular Hbond substituents is 1. The Balaban J connectivity index is 1.39. The van der Waals surface area contributed by atoms with Crippen molar-refractivity contribution in [1.29, 1.82) is 0 Å². The van der Waals surface area contributed by atoms with Crippen molar-refractivity contribution >= 4 is 27.3 Å². The van der Waals surface area contributed by atoms with Crippen LogP contribution in [0.2, 0.25) is 0 Å². The molecule has 0 bridgehead atoms. The van der Waals surface area contributed by atoms with Gasteiger partial charge in [0, 0.05) is 17.8 Å². The molecule has 35 heavy (non-hydrogen) atoms. The summed E-state index contributed by atoms with van der Waals surface area (Å²) in [5.41, 5.74) is 5.84. The number of fused-ring (bicyclic) bond motifs is 1. The molecule has 1 fully saturated rings. The van der Waals surface area contributed by atoms with E-state index in [0.29, 0.717) is 37.1 Å². The summed E-state index contributed by atoms with van der Waals surface area (Å²) >= 11 is 0. The first-order valence-corrected chi connectivity index (χ1v) is 13.5. The molecule has 7 heteroatoms. The molecule has 2 N–H and O–H groups in total. The van der Waals surface area contributed by atoms with Gasteiger partial charge in [0.1, 0.15) is 5.75 Å². The van der Waals surface area contributed by atoms with Crippen LogP contribution in [0, 0.1) is 0 Å². The van der Waals surface area contributed by atoms with Gasteiger partial charge in [-0.05, 0) is 71.2 Å². The van der Waals surface area contributed by atoms with E-state index >= 15 is 0 Å². The highest BCUT2D eigenvalue weighted by atomic mass is 32.2. The van der Waals surface area contributed by atoms with Crippen LogP contribution >= 0.6 is 0 Å². The quantitative estimate of drug-likeness (QED) is 0.465. The van der Waals surface area contributed by atoms with E-state index < -0.39 is 15.3 Å². The summed E-state index contributed by atoms with van der Waals surface area (Å²) in [7, 11) is -3.53. The van der Waals surface area contributed by atoms with Crippen molar-refractivity contribution < 1.29 is 18.3 Å². The summed E-state index contributed by atoms with van der Waals surface area (Å²) < 4.78 is 27.2. The molecule has 0 radical (unpaired) electrons. The lowest BCUT2D eigenvalue weighted by Crippen LogP contribution is -2.37. The molecule has 182 valence electrons. The van der Waals surface area contributed by atoms with E-state index in [1.807, 2.05) is 12.1 Å². The molecule has 3 aromatic carbocycles. The number of carbonyl (C=O) groups is 1. The van der Waals surface area contributed by atoms with Gasteiger partial charge in [0.05, 0.1) is 10.9 Å². The molecular weight excluding hydrogens is 460 g/mol. The van der Waals surface area contributed by atoms with Gasteiger partial charge in [-0.15, -0.1) is 0 Å². The predicted octanol–water partition coefficient (Wildman–Crippen LogP) is 5.46. The predicted molar refractivity (Wildman–Crippen MR) is 140 cm³/mol. The second-order valence-corrected chi connectivity index (χ2v) is 12.4. The molecule has 5 rings (SSSR count). The lowest BCUT2D eigenvalue weighted by Gasteiger charge is -2.29. The Kier molecular flexibility index (Phi) is 5.63. The maximum atomic E-state index is 13.3. The maximum absolute atomic E-state index is 13.3. The second-order valence-electron chi connectivity index (χ2n) is 10.5. The van der Waals surface area contributed by atoms with Crippen molar-refractivity contribution in [2.45, 2.75) is 50.7 Å². The highest BCUT2D eigenvalue weighted by molar-refractivity contribution is 7.93. The van der Waals surface area contributed by atoms with Crippen molar-refractivity contribution in [1.82, 2.24) is 0 Å². The average molecular weight is 491 g/mol. The van der Waals surface area contributed by atoms with Gasteiger partial charge in [0.15, 0.2) is 0 Å². The minimum Gasteiger partial charge on any atom is -0.506 e. The molecule has 0 aromatic heterocycles. The van der Waals surface area contributed by atoms with E-state index in [2.05, 4.69) is 55.8 Å². The van der Waals surface area contributed by atoms with Crippen LogP contribution in [0.15, 0.2) is 60.7 Å². The smallest absolute Gasteiger partial charge is 0.258 e. The molecular formula is C28H30N2O4S. The minimum atomic E-state index is -3.53. The topological polar surface area (TPSA) is 86.7 Å². The van der Waals surface area contributed by atoms with Crippen LogP contribution in [0.1, 0.15) is 55.1 Å². The largest absolute Gasteiger partial charge is 0.506 e. The monoisotopic (exact) mass is 490 g/mol. The lowest BCUT2D eigenvalue weighted by atomic mass is 9.86. The molecule has 0 spiro atoms. The number of rotatable bonds is 5. The SMILES string of the molecule is CC(C)(C)c1ccc(-c2ccc3c(c2)CCN(c2ccc(O)c(NS(=O)(=O)C4CC4)c2)C3=O)cc1. The summed E-state index contributed by atoms with van der Waals surface area (Å²) in [6.45, 7) is 7.05. The molecule has 1 amide bonds. The van der Waals surface area contributed by atoms with Crippen molar-refractivity contribution in [3.63, 3.8) is 0 Å². The van der Waals surface area contributed by atoms with Crippen LogP contribution < -0.4 is 9.62 Å². The molecule has 1 heterocycles. The van der Waals surface area contributed by atoms with Crippen molar-refractivity contribution in [3.8, 4) is 16.9 Å². The van der Waals surface area contributed by atoms with Crippen LogP contribution in [-0.2, 0) is 21.9 Å². The Hall–Kier alpha value is -3.32. The third kappa shape index (κ3) is 4.65. The first-order chi connectivity index (χ1) is 16.5. The number of phenols is 1. The summed E-state index contributed by atoms with van der Waals surface area (Å²) in [5, 5.41) is 9.78. The molecule has 1 aliphatic heterocycles. The van der Waals surface area contributed by atoms with E-state index in [9.17, 15) is 18.3 Å². The van der Waals surface area contributed by atoms with Crippen LogP contribution in [0.3, 0.4) is 0 Å². The number of amides is 1. The fraction of sp³-hybridized carbons (Fsp3) is 0.321. The van der Waals surface area contributed by atoms with Gasteiger partial charge >= 0.3 is 0 Å². The number of hydrogen-bond donors (Lipinski definition) is 2. The summed E-state index contributed by atoms with van der Waals surface area (Å²) in [6, 6.07) is 19.1. The van der Waals surface area contributed by atoms with Crippen molar-refractivity contribution in [2.75, 3.05) is 16.2 Å². The molecule has 1 saturated carbocycles. The summed E-state index contributed by atoms with van der Waals surface area (Å²) in [6.07, 6.45) is 1.93. The number of nitrogens with one attached hydrogen (secondary N) is 1. The number of aromatic hydroxyl groups is 1. The lowest BCUT2D eigenvalue weighted by molar-refractivity contribution is 0.0980. The van der Waals surface area contributed by atoms with E-state index in [1.54, 1.807) is 11.0 Å². The van der Waals surface area contributed by atoms with E-state index in [0.717, 1.165) is 16.7 Å². The third-order valence-electron chi connectivity index (χ3n) is 6.78. The molecule has 0 unspecified atom stereocenters. The van der Waals surface area contributed by atoms with Crippen LogP contribution in [0.25, 0.3) is 11.1 Å². The number of sulfonamides is 1. The number of benzene rings is 3. The zero-order valence-electron chi connectivity index (χ0n) is 20.2. The normalized spacial score (nSPS) is 16.2. The number of hydrogen-bond acceptors (Lipinski definition) is 4. The highest BCUT2D eigenvalue weighted by Gasteiger charge is 2.36. The van der Waals surface area contributed by atoms with Gasteiger partial charge in [-0.1, -0.05) is 57.2 Å². The fourth-order valence-corrected chi connectivity index (χ4v) is 5.86. The standard InChI is InChI=1S/C28H30N2O4S/c1-28(2,3)21-7-4-18(5-8-21)19-6-12-24-20(16-19)14-15-30(27(24)32)22-9-13-26(31)25(17-22)29-35(33,34)23-10-11-23/h4-9,12-13,16-17,23,29,31H,10-11,14-15H2,1-3H3. The Morgan fingerprint density at radius 2 is 1.63 bits per heavy atom. The maximum Gasteiger partial charge on any atom is 0.258 e. The molecule has 3 aromatic rings. The van der Waals surface area contributed by atoms with Gasteiger partial charge in [-0.3, -0.25) is 9.52 Å². The molecule has 0 atom stereocenters. The van der Waals surface area contributed by atoms with Gasteiger partial charge in [0.25, 0.3) is 5.91 Å². The Morgan fingerprint density at radius 3 is 2.29 bits per heavy atom. The molecule has 2 aliphatic rings. The molecule has 6 nitrogen and oxygen atoms in total. The van der Waals surface area contributed by atoms with E-state index in [4.69, 9.17) is 0 Å². The van der Waals surface area contributed by atoms with Gasteiger partial charge < -0.3 is 10.0 Å². The Labute approximate surface area is 206 Å². The number of anilines is 2. The van der Waals surface area contributed by atoms with Crippen LogP contribution in [-0.4, -0.2) is 31.2 Å². The molecule has 1 aliphatic carbocycles. The van der Waals surface area contributed by atoms with Crippen LogP contribution in [0.5, 0.6) is 5.75 Å². The fourth-order valence-electron chi connectivity index (χ4n) is 4.47. The number of nitrogens with zero attached hydrogens (tertiary/aromatic N) is 1. The summed E-state index contributed by atoms with van der Waals surface area (Å²) in [4.78, 5) is 15.0. The molecule has 0 saturated heterocycles. The van der Waals surface area contributed by atoms with Crippen LogP contribution in [0.4, 0.5) is 11.4 Å². The summed E-state index contributed by atoms with van der Waals surface area (Å²) in [5.74, 6) is -0.299. The Morgan fingerprint density at radius 1 is 0.943 bits per heavy atom. The third-order valence-corrected chi connectivity index (χ3v) is 8.63.